The van der Waals surface area contributed by atoms with Crippen molar-refractivity contribution >= 4 is 26.6 Å². The number of aromatic nitrogens is 1. The van der Waals surface area contributed by atoms with E-state index in [1.165, 1.54) is 31.9 Å². The SMILES string of the molecule is Nc1ccc2[nH]cc(S(=O)(=O)NCCC3CCCC3)c2c1. The fourth-order valence-corrected chi connectivity index (χ4v) is 4.32. The smallest absolute Gasteiger partial charge is 0.242 e. The van der Waals surface area contributed by atoms with Crippen LogP contribution in [0.4, 0.5) is 5.69 Å². The molecule has 1 heterocycles. The van der Waals surface area contributed by atoms with Gasteiger partial charge in [-0.2, -0.15) is 0 Å². The number of rotatable bonds is 5. The number of hydrogen-bond acceptors (Lipinski definition) is 3. The minimum absolute atomic E-state index is 0.274. The van der Waals surface area contributed by atoms with Gasteiger partial charge in [0.2, 0.25) is 10.0 Å². The normalized spacial score (nSPS) is 16.8. The largest absolute Gasteiger partial charge is 0.399 e. The number of nitrogens with one attached hydrogen (secondary N) is 2. The highest BCUT2D eigenvalue weighted by molar-refractivity contribution is 7.89. The third-order valence-corrected chi connectivity index (χ3v) is 5.78. The Morgan fingerprint density at radius 1 is 1.29 bits per heavy atom. The Morgan fingerprint density at radius 2 is 2.05 bits per heavy atom. The number of hydrogen-bond donors (Lipinski definition) is 3. The lowest BCUT2D eigenvalue weighted by Crippen LogP contribution is -2.25. The van der Waals surface area contributed by atoms with E-state index in [1.807, 2.05) is 0 Å². The predicted molar refractivity (Wildman–Crippen MR) is 84.5 cm³/mol. The third kappa shape index (κ3) is 3.06. The fourth-order valence-electron chi connectivity index (χ4n) is 3.11. The third-order valence-electron chi connectivity index (χ3n) is 4.28. The molecule has 1 aliphatic rings. The molecule has 4 N–H and O–H groups in total. The van der Waals surface area contributed by atoms with Crippen LogP contribution in [0.3, 0.4) is 0 Å². The molecule has 1 aromatic heterocycles. The van der Waals surface area contributed by atoms with Crippen LogP contribution in [0, 0.1) is 5.92 Å². The number of nitrogen functional groups attached to an aromatic ring is 1. The lowest BCUT2D eigenvalue weighted by molar-refractivity contribution is 0.496. The van der Waals surface area contributed by atoms with Crippen LogP contribution in [-0.2, 0) is 10.0 Å². The summed E-state index contributed by atoms with van der Waals surface area (Å²) in [4.78, 5) is 3.25. The quantitative estimate of drug-likeness (QED) is 0.742. The van der Waals surface area contributed by atoms with Crippen molar-refractivity contribution in [1.82, 2.24) is 9.71 Å². The Hall–Kier alpha value is -1.53. The highest BCUT2D eigenvalue weighted by atomic mass is 32.2. The molecule has 0 bridgehead atoms. The van der Waals surface area contributed by atoms with Crippen LogP contribution < -0.4 is 10.5 Å². The summed E-state index contributed by atoms with van der Waals surface area (Å²) < 4.78 is 27.6. The minimum atomic E-state index is -3.49. The van der Waals surface area contributed by atoms with Crippen molar-refractivity contribution in [3.05, 3.63) is 24.4 Å². The maximum absolute atomic E-state index is 12.4. The number of aromatic amines is 1. The van der Waals surface area contributed by atoms with E-state index in [2.05, 4.69) is 9.71 Å². The summed E-state index contributed by atoms with van der Waals surface area (Å²) in [7, 11) is -3.49. The molecular weight excluding hydrogens is 286 g/mol. The highest BCUT2D eigenvalue weighted by Crippen LogP contribution is 2.28. The molecular formula is C15H21N3O2S. The zero-order valence-electron chi connectivity index (χ0n) is 11.9. The first kappa shape index (κ1) is 14.4. The molecule has 0 radical (unpaired) electrons. The Morgan fingerprint density at radius 3 is 2.81 bits per heavy atom. The van der Waals surface area contributed by atoms with Gasteiger partial charge in [0.05, 0.1) is 0 Å². The van der Waals surface area contributed by atoms with Crippen LogP contribution in [-0.4, -0.2) is 19.9 Å². The van der Waals surface area contributed by atoms with Crippen molar-refractivity contribution in [2.45, 2.75) is 37.0 Å². The van der Waals surface area contributed by atoms with E-state index >= 15 is 0 Å². The lowest BCUT2D eigenvalue weighted by atomic mass is 10.1. The monoisotopic (exact) mass is 307 g/mol. The van der Waals surface area contributed by atoms with Crippen molar-refractivity contribution in [2.75, 3.05) is 12.3 Å². The second kappa shape index (κ2) is 5.69. The Labute approximate surface area is 125 Å². The summed E-state index contributed by atoms with van der Waals surface area (Å²) in [5.74, 6) is 0.673. The molecule has 2 aromatic rings. The van der Waals surface area contributed by atoms with Crippen LogP contribution in [0.1, 0.15) is 32.1 Å². The van der Waals surface area contributed by atoms with Gasteiger partial charge in [0.25, 0.3) is 0 Å². The zero-order valence-corrected chi connectivity index (χ0v) is 12.7. The van der Waals surface area contributed by atoms with Crippen LogP contribution in [0.2, 0.25) is 0 Å². The molecule has 0 unspecified atom stereocenters. The second-order valence-electron chi connectivity index (χ2n) is 5.79. The number of sulfonamides is 1. The molecule has 1 aliphatic carbocycles. The van der Waals surface area contributed by atoms with Gasteiger partial charge in [-0.3, -0.25) is 0 Å². The van der Waals surface area contributed by atoms with Crippen LogP contribution in [0.25, 0.3) is 10.9 Å². The van der Waals surface area contributed by atoms with Gasteiger partial charge in [0.15, 0.2) is 0 Å². The average Bonchev–Trinajstić information content (AvgIpc) is 3.07. The summed E-state index contributed by atoms with van der Waals surface area (Å²) in [6, 6.07) is 5.24. The number of H-pyrrole nitrogens is 1. The Kier molecular flexibility index (Phi) is 3.91. The lowest BCUT2D eigenvalue weighted by Gasteiger charge is -2.10. The standard InChI is InChI=1S/C15H21N3O2S/c16-12-5-6-14-13(9-12)15(10-17-14)21(19,20)18-8-7-11-3-1-2-4-11/h5-6,9-11,17-18H,1-4,7-8,16H2. The van der Waals surface area contributed by atoms with E-state index in [1.54, 1.807) is 18.2 Å². The number of fused-ring (bicyclic) bond motifs is 1. The van der Waals surface area contributed by atoms with Crippen LogP contribution in [0.15, 0.2) is 29.3 Å². The summed E-state index contributed by atoms with van der Waals surface area (Å²) in [5.41, 5.74) is 7.09. The van der Waals surface area contributed by atoms with E-state index < -0.39 is 10.0 Å². The average molecular weight is 307 g/mol. The molecule has 0 spiro atoms. The van der Waals surface area contributed by atoms with Crippen molar-refractivity contribution < 1.29 is 8.42 Å². The van der Waals surface area contributed by atoms with Gasteiger partial charge in [-0.25, -0.2) is 13.1 Å². The topological polar surface area (TPSA) is 88.0 Å². The van der Waals surface area contributed by atoms with Crippen LogP contribution in [0.5, 0.6) is 0 Å². The van der Waals surface area contributed by atoms with Crippen molar-refractivity contribution in [3.63, 3.8) is 0 Å². The number of nitrogens with two attached hydrogens (primary N) is 1. The second-order valence-corrected chi connectivity index (χ2v) is 7.53. The van der Waals surface area contributed by atoms with Gasteiger partial charge in [-0.1, -0.05) is 25.7 Å². The molecule has 114 valence electrons. The number of anilines is 1. The number of benzene rings is 1. The van der Waals surface area contributed by atoms with E-state index in [0.29, 0.717) is 23.5 Å². The van der Waals surface area contributed by atoms with E-state index in [0.717, 1.165) is 11.9 Å². The molecule has 1 aromatic carbocycles. The summed E-state index contributed by atoms with van der Waals surface area (Å²) >= 11 is 0. The van der Waals surface area contributed by atoms with Gasteiger partial charge in [0.1, 0.15) is 4.90 Å². The minimum Gasteiger partial charge on any atom is -0.399 e. The first-order chi connectivity index (χ1) is 10.1. The van der Waals surface area contributed by atoms with Gasteiger partial charge >= 0.3 is 0 Å². The van der Waals surface area contributed by atoms with E-state index in [4.69, 9.17) is 5.73 Å². The van der Waals surface area contributed by atoms with Crippen LogP contribution >= 0.6 is 0 Å². The Balaban J connectivity index is 1.74. The van der Waals surface area contributed by atoms with Crippen molar-refractivity contribution in [1.29, 1.82) is 0 Å². The molecule has 0 saturated heterocycles. The van der Waals surface area contributed by atoms with Gasteiger partial charge in [-0.05, 0) is 30.5 Å². The molecule has 0 atom stereocenters. The first-order valence-corrected chi connectivity index (χ1v) is 8.91. The van der Waals surface area contributed by atoms with Gasteiger partial charge < -0.3 is 10.7 Å². The fraction of sp³-hybridized carbons (Fsp3) is 0.467. The van der Waals surface area contributed by atoms with E-state index in [-0.39, 0.29) is 4.90 Å². The summed E-state index contributed by atoms with van der Waals surface area (Å²) in [5, 5.41) is 0.642. The molecule has 6 heteroatoms. The summed E-state index contributed by atoms with van der Waals surface area (Å²) in [6.07, 6.45) is 7.46. The van der Waals surface area contributed by atoms with Gasteiger partial charge in [0, 0.05) is 29.3 Å². The summed E-state index contributed by atoms with van der Waals surface area (Å²) in [6.45, 7) is 0.502. The highest BCUT2D eigenvalue weighted by Gasteiger charge is 2.20. The van der Waals surface area contributed by atoms with E-state index in [9.17, 15) is 8.42 Å². The first-order valence-electron chi connectivity index (χ1n) is 7.42. The predicted octanol–water partition coefficient (Wildman–Crippen LogP) is 2.61. The van der Waals surface area contributed by atoms with Crippen molar-refractivity contribution in [2.24, 2.45) is 5.92 Å². The molecule has 0 amide bonds. The molecule has 0 aliphatic heterocycles. The molecule has 5 nitrogen and oxygen atoms in total. The molecule has 3 rings (SSSR count). The molecule has 21 heavy (non-hydrogen) atoms. The maximum atomic E-state index is 12.4. The maximum Gasteiger partial charge on any atom is 0.242 e. The molecule has 1 fully saturated rings. The Bertz CT molecular complexity index is 730. The van der Waals surface area contributed by atoms with Gasteiger partial charge in [-0.15, -0.1) is 0 Å². The zero-order chi connectivity index (χ0) is 14.9. The molecule has 1 saturated carbocycles. The van der Waals surface area contributed by atoms with Crippen molar-refractivity contribution in [3.8, 4) is 0 Å².